The highest BCUT2D eigenvalue weighted by Crippen LogP contribution is 2.42. The van der Waals surface area contributed by atoms with Crippen LogP contribution in [0.1, 0.15) is 0 Å². The van der Waals surface area contributed by atoms with Crippen LogP contribution in [0.5, 0.6) is 0 Å². The van der Waals surface area contributed by atoms with Crippen LogP contribution < -0.4 is 0 Å². The monoisotopic (exact) mass is 596 g/mol. The second-order valence-electron chi connectivity index (χ2n) is 11.0. The van der Waals surface area contributed by atoms with E-state index in [-0.39, 0.29) is 0 Å². The third kappa shape index (κ3) is 4.15. The minimum atomic E-state index is 0.982. The summed E-state index contributed by atoms with van der Waals surface area (Å²) in [6.07, 6.45) is 1.71. The van der Waals surface area contributed by atoms with Crippen LogP contribution in [0.4, 0.5) is 0 Å². The van der Waals surface area contributed by atoms with Crippen molar-refractivity contribution in [2.75, 3.05) is 0 Å². The smallest absolute Gasteiger partial charge is 0.116 e. The predicted molar refractivity (Wildman–Crippen MR) is 190 cm³/mol. The molecule has 0 spiro atoms. The molecule has 6 aromatic carbocycles. The topological polar surface area (TPSA) is 25.8 Å². The molecule has 0 N–H and O–H groups in total. The molecule has 0 aliphatic rings. The highest BCUT2D eigenvalue weighted by molar-refractivity contribution is 7.26. The maximum atomic E-state index is 4.83. The molecule has 0 saturated carbocycles. The summed E-state index contributed by atoms with van der Waals surface area (Å²) < 4.78 is 4.99. The van der Waals surface area contributed by atoms with Crippen LogP contribution in [0.2, 0.25) is 0 Å². The quantitative estimate of drug-likeness (QED) is 0.202. The second-order valence-corrected chi connectivity index (χ2v) is 13.1. The van der Waals surface area contributed by atoms with Gasteiger partial charge in [0.15, 0.2) is 0 Å². The highest BCUT2D eigenvalue weighted by atomic mass is 32.1. The minimum Gasteiger partial charge on any atom is -0.235 e. The molecule has 0 aliphatic carbocycles. The highest BCUT2D eigenvalue weighted by Gasteiger charge is 2.16. The molecular weight excluding hydrogens is 573 g/mol. The van der Waals surface area contributed by atoms with Crippen molar-refractivity contribution in [1.29, 1.82) is 0 Å². The predicted octanol–water partition coefficient (Wildman–Crippen LogP) is 11.9. The minimum absolute atomic E-state index is 0.982. The van der Waals surface area contributed by atoms with Gasteiger partial charge in [-0.2, -0.15) is 0 Å². The molecule has 44 heavy (non-hydrogen) atoms. The van der Waals surface area contributed by atoms with Crippen molar-refractivity contribution in [2.24, 2.45) is 0 Å². The average molecular weight is 597 g/mol. The van der Waals surface area contributed by atoms with Gasteiger partial charge in [0.2, 0.25) is 0 Å². The van der Waals surface area contributed by atoms with Gasteiger partial charge >= 0.3 is 0 Å². The molecule has 0 amide bonds. The van der Waals surface area contributed by atoms with E-state index in [0.29, 0.717) is 0 Å². The van der Waals surface area contributed by atoms with Crippen LogP contribution in [0.25, 0.3) is 85.1 Å². The van der Waals surface area contributed by atoms with Gasteiger partial charge in [-0.05, 0) is 57.6 Å². The lowest BCUT2D eigenvalue weighted by atomic mass is 9.99. The zero-order valence-electron chi connectivity index (χ0n) is 23.6. The van der Waals surface area contributed by atoms with Crippen molar-refractivity contribution < 1.29 is 0 Å². The van der Waals surface area contributed by atoms with Gasteiger partial charge in [0.05, 0.1) is 15.9 Å². The first kappa shape index (κ1) is 25.3. The fourth-order valence-electron chi connectivity index (χ4n) is 6.26. The van der Waals surface area contributed by atoms with Gasteiger partial charge in [0.25, 0.3) is 0 Å². The van der Waals surface area contributed by atoms with Crippen LogP contribution in [0, 0.1) is 0 Å². The molecule has 0 atom stereocenters. The number of rotatable bonds is 4. The van der Waals surface area contributed by atoms with Gasteiger partial charge in [-0.3, -0.25) is 0 Å². The summed E-state index contributed by atoms with van der Waals surface area (Å²) in [5.41, 5.74) is 10.4. The average Bonchev–Trinajstić information content (AvgIpc) is 3.67. The van der Waals surface area contributed by atoms with E-state index in [1.807, 2.05) is 11.3 Å². The lowest BCUT2D eigenvalue weighted by Gasteiger charge is -2.07. The Hall–Kier alpha value is -5.16. The number of hydrogen-bond acceptors (Lipinski definition) is 4. The molecule has 0 unspecified atom stereocenters. The normalized spacial score (nSPS) is 11.6. The number of thiophene rings is 2. The first-order valence-corrected chi connectivity index (χ1v) is 16.3. The van der Waals surface area contributed by atoms with E-state index in [1.165, 1.54) is 63.6 Å². The molecule has 0 bridgehead atoms. The second kappa shape index (κ2) is 10.2. The van der Waals surface area contributed by atoms with E-state index in [4.69, 9.17) is 9.97 Å². The Morgan fingerprint density at radius 3 is 1.91 bits per heavy atom. The summed E-state index contributed by atoms with van der Waals surface area (Å²) in [5, 5.41) is 3.80. The van der Waals surface area contributed by atoms with Crippen molar-refractivity contribution in [2.45, 2.75) is 0 Å². The Bertz CT molecular complexity index is 2490. The van der Waals surface area contributed by atoms with Crippen molar-refractivity contribution in [3.05, 3.63) is 146 Å². The van der Waals surface area contributed by atoms with Crippen LogP contribution in [0.15, 0.2) is 146 Å². The zero-order chi connectivity index (χ0) is 29.0. The maximum absolute atomic E-state index is 4.83. The van der Waals surface area contributed by atoms with E-state index in [1.54, 1.807) is 17.7 Å². The fraction of sp³-hybridized carbons (Fsp3) is 0. The standard InChI is InChI=1S/C40H24N2S2/c1-2-8-25(9-3-1)26-16-18-27(19-17-26)28-20-21-36-34(23-28)38-40(44-36)37(41-24-42-38)30-11-6-10-29(22-30)31-13-7-14-33-32-12-4-5-15-35(32)43-39(31)33/h1-24H. The van der Waals surface area contributed by atoms with Gasteiger partial charge in [0.1, 0.15) is 6.33 Å². The summed E-state index contributed by atoms with van der Waals surface area (Å²) in [4.78, 5) is 9.62. The van der Waals surface area contributed by atoms with Gasteiger partial charge in [-0.25, -0.2) is 9.97 Å². The molecule has 3 heterocycles. The molecule has 0 radical (unpaired) electrons. The molecular formula is C40H24N2S2. The van der Waals surface area contributed by atoms with Crippen LogP contribution in [-0.2, 0) is 0 Å². The first-order valence-electron chi connectivity index (χ1n) is 14.6. The SMILES string of the molecule is c1ccc(-c2ccc(-c3ccc4sc5c(-c6cccc(-c7cccc8c7sc7ccccc78)c6)ncnc5c4c3)cc2)cc1. The summed E-state index contributed by atoms with van der Waals surface area (Å²) >= 11 is 3.64. The molecule has 2 nitrogen and oxygen atoms in total. The van der Waals surface area contributed by atoms with Crippen LogP contribution in [-0.4, -0.2) is 9.97 Å². The number of benzene rings is 6. The number of fused-ring (bicyclic) bond motifs is 6. The van der Waals surface area contributed by atoms with E-state index < -0.39 is 0 Å². The summed E-state index contributed by atoms with van der Waals surface area (Å²) in [6.45, 7) is 0. The molecule has 206 valence electrons. The molecule has 3 aromatic heterocycles. The molecule has 9 rings (SSSR count). The Morgan fingerprint density at radius 1 is 0.386 bits per heavy atom. The third-order valence-electron chi connectivity index (χ3n) is 8.43. The fourth-order valence-corrected chi connectivity index (χ4v) is 8.64. The number of aromatic nitrogens is 2. The maximum Gasteiger partial charge on any atom is 0.116 e. The molecule has 0 fully saturated rings. The van der Waals surface area contributed by atoms with Gasteiger partial charge in [0, 0.05) is 35.8 Å². The van der Waals surface area contributed by atoms with Gasteiger partial charge in [-0.15, -0.1) is 22.7 Å². The van der Waals surface area contributed by atoms with Gasteiger partial charge in [-0.1, -0.05) is 115 Å². The third-order valence-corrected chi connectivity index (χ3v) is 10.8. The van der Waals surface area contributed by atoms with Crippen LogP contribution >= 0.6 is 22.7 Å². The zero-order valence-corrected chi connectivity index (χ0v) is 25.2. The number of hydrogen-bond donors (Lipinski definition) is 0. The Labute approximate surface area is 262 Å². The molecule has 0 saturated heterocycles. The van der Waals surface area contributed by atoms with Crippen LogP contribution in [0.3, 0.4) is 0 Å². The summed E-state index contributed by atoms with van der Waals surface area (Å²) in [6, 6.07) is 50.2. The number of nitrogens with zero attached hydrogens (tertiary/aromatic N) is 2. The Morgan fingerprint density at radius 2 is 1.02 bits per heavy atom. The van der Waals surface area contributed by atoms with Crippen molar-refractivity contribution in [3.8, 4) is 44.6 Å². The van der Waals surface area contributed by atoms with E-state index >= 15 is 0 Å². The van der Waals surface area contributed by atoms with Crippen molar-refractivity contribution in [3.63, 3.8) is 0 Å². The lowest BCUT2D eigenvalue weighted by molar-refractivity contribution is 1.24. The van der Waals surface area contributed by atoms with Crippen molar-refractivity contribution in [1.82, 2.24) is 9.97 Å². The Balaban J connectivity index is 1.13. The molecule has 9 aromatic rings. The lowest BCUT2D eigenvalue weighted by Crippen LogP contribution is -1.87. The summed E-state index contributed by atoms with van der Waals surface area (Å²) in [5.74, 6) is 0. The van der Waals surface area contributed by atoms with E-state index in [9.17, 15) is 0 Å². The largest absolute Gasteiger partial charge is 0.235 e. The van der Waals surface area contributed by atoms with E-state index in [2.05, 4.69) is 140 Å². The summed E-state index contributed by atoms with van der Waals surface area (Å²) in [7, 11) is 0. The first-order chi connectivity index (χ1) is 21.8. The molecule has 0 aliphatic heterocycles. The molecule has 4 heteroatoms. The van der Waals surface area contributed by atoms with Crippen molar-refractivity contribution >= 4 is 63.1 Å². The van der Waals surface area contributed by atoms with E-state index in [0.717, 1.165) is 21.5 Å². The van der Waals surface area contributed by atoms with Gasteiger partial charge < -0.3 is 0 Å². The Kier molecular flexibility index (Phi) is 5.90.